The summed E-state index contributed by atoms with van der Waals surface area (Å²) in [4.78, 5) is 12.3. The van der Waals surface area contributed by atoms with Crippen molar-refractivity contribution in [1.29, 1.82) is 5.26 Å². The summed E-state index contributed by atoms with van der Waals surface area (Å²) in [5.74, 6) is -1.92. The van der Waals surface area contributed by atoms with Crippen LogP contribution in [0.25, 0.3) is 6.08 Å². The molecule has 0 saturated carbocycles. The number of benzene rings is 2. The first kappa shape index (κ1) is 22.3. The average molecular weight is 449 g/mol. The Hall–Kier alpha value is -2.96. The maximum atomic E-state index is 12.6. The number of carbonyl (C=O) groups excluding carboxylic acids is 1. The third-order valence-corrected chi connectivity index (χ3v) is 3.83. The molecule has 5 nitrogen and oxygen atoms in total. The zero-order valence-corrected chi connectivity index (χ0v) is 15.6. The molecule has 0 aromatic heterocycles. The average Bonchev–Trinajstić information content (AvgIpc) is 2.63. The Kier molecular flexibility index (Phi) is 7.70. The Morgan fingerprint density at radius 3 is 2.38 bits per heavy atom. The normalized spacial score (nSPS) is 11.3. The van der Waals surface area contributed by atoms with Crippen LogP contribution in [-0.4, -0.2) is 19.1 Å². The van der Waals surface area contributed by atoms with E-state index in [1.54, 1.807) is 6.07 Å². The zero-order valence-electron chi connectivity index (χ0n) is 14.1. The van der Waals surface area contributed by atoms with Crippen molar-refractivity contribution in [3.05, 3.63) is 57.6 Å². The van der Waals surface area contributed by atoms with E-state index >= 15 is 0 Å². The van der Waals surface area contributed by atoms with Gasteiger partial charge in [-0.25, -0.2) is 0 Å². The predicted octanol–water partition coefficient (Wildman–Crippen LogP) is 5.74. The lowest BCUT2D eigenvalue weighted by atomic mass is 10.1. The van der Waals surface area contributed by atoms with Crippen LogP contribution in [0, 0.1) is 11.3 Å². The number of hydrogen-bond acceptors (Lipinski definition) is 4. The van der Waals surface area contributed by atoms with E-state index in [-0.39, 0.29) is 21.3 Å². The number of anilines is 1. The van der Waals surface area contributed by atoms with Gasteiger partial charge in [0.05, 0.1) is 10.7 Å². The fourth-order valence-corrected chi connectivity index (χ4v) is 2.43. The number of nitrogens with one attached hydrogen (secondary N) is 1. The monoisotopic (exact) mass is 448 g/mol. The summed E-state index contributed by atoms with van der Waals surface area (Å²) in [6.45, 7) is -6.47. The topological polar surface area (TPSA) is 71.3 Å². The molecule has 0 aliphatic heterocycles. The lowest BCUT2D eigenvalue weighted by Gasteiger charge is -2.12. The number of hydrogen-bond donors (Lipinski definition) is 1. The Bertz CT molecular complexity index is 978. The molecule has 2 rings (SSSR count). The number of rotatable bonds is 7. The minimum Gasteiger partial charge on any atom is -0.435 e. The summed E-state index contributed by atoms with van der Waals surface area (Å²) in [6, 6.07) is 8.76. The number of alkyl halides is 4. The third kappa shape index (κ3) is 6.55. The molecule has 0 radical (unpaired) electrons. The number of nitriles is 1. The first-order valence-electron chi connectivity index (χ1n) is 7.61. The Labute approximate surface area is 172 Å². The van der Waals surface area contributed by atoms with Crippen molar-refractivity contribution in [3.63, 3.8) is 0 Å². The van der Waals surface area contributed by atoms with Gasteiger partial charge >= 0.3 is 13.2 Å². The highest BCUT2D eigenvalue weighted by atomic mass is 35.5. The molecule has 29 heavy (non-hydrogen) atoms. The van der Waals surface area contributed by atoms with E-state index < -0.39 is 36.2 Å². The minimum absolute atomic E-state index is 0.120. The second kappa shape index (κ2) is 10.0. The van der Waals surface area contributed by atoms with Gasteiger partial charge in [-0.2, -0.15) is 22.8 Å². The zero-order chi connectivity index (χ0) is 21.6. The van der Waals surface area contributed by atoms with Crippen molar-refractivity contribution >= 4 is 40.9 Å². The van der Waals surface area contributed by atoms with Gasteiger partial charge in [0.1, 0.15) is 23.1 Å². The summed E-state index contributed by atoms with van der Waals surface area (Å²) in [7, 11) is 0. The lowest BCUT2D eigenvalue weighted by Crippen LogP contribution is -2.14. The van der Waals surface area contributed by atoms with Crippen molar-refractivity contribution in [1.82, 2.24) is 0 Å². The quantitative estimate of drug-likeness (QED) is 0.333. The van der Waals surface area contributed by atoms with Gasteiger partial charge in [0.25, 0.3) is 5.91 Å². The molecule has 0 atom stereocenters. The van der Waals surface area contributed by atoms with Crippen LogP contribution in [0.5, 0.6) is 11.5 Å². The molecule has 0 heterocycles. The molecule has 0 unspecified atom stereocenters. The van der Waals surface area contributed by atoms with Crippen LogP contribution in [0.2, 0.25) is 10.0 Å². The number of nitrogens with zero attached hydrogens (tertiary/aromatic N) is 1. The van der Waals surface area contributed by atoms with Crippen LogP contribution in [0.1, 0.15) is 5.56 Å². The van der Waals surface area contributed by atoms with Gasteiger partial charge in [0.2, 0.25) is 0 Å². The van der Waals surface area contributed by atoms with Gasteiger partial charge in [-0.05, 0) is 36.4 Å². The molecule has 0 fully saturated rings. The van der Waals surface area contributed by atoms with Crippen molar-refractivity contribution in [2.45, 2.75) is 13.2 Å². The van der Waals surface area contributed by atoms with Crippen LogP contribution in [-0.2, 0) is 4.79 Å². The van der Waals surface area contributed by atoms with Crippen LogP contribution < -0.4 is 14.8 Å². The van der Waals surface area contributed by atoms with Crippen LogP contribution in [0.15, 0.2) is 42.0 Å². The number of amides is 1. The minimum atomic E-state index is -3.28. The first-order chi connectivity index (χ1) is 13.7. The van der Waals surface area contributed by atoms with Crippen molar-refractivity contribution in [3.8, 4) is 17.6 Å². The molecule has 2 aromatic rings. The van der Waals surface area contributed by atoms with Crippen molar-refractivity contribution in [2.75, 3.05) is 5.32 Å². The summed E-state index contributed by atoms with van der Waals surface area (Å²) < 4.78 is 58.3. The molecule has 152 valence electrons. The smallest absolute Gasteiger partial charge is 0.387 e. The summed E-state index contributed by atoms with van der Waals surface area (Å²) in [5.41, 5.74) is -0.520. The molecule has 2 aromatic carbocycles. The lowest BCUT2D eigenvalue weighted by molar-refractivity contribution is -0.112. The van der Waals surface area contributed by atoms with E-state index in [2.05, 4.69) is 14.8 Å². The van der Waals surface area contributed by atoms with E-state index in [4.69, 9.17) is 23.2 Å². The van der Waals surface area contributed by atoms with E-state index in [1.165, 1.54) is 18.2 Å². The highest BCUT2D eigenvalue weighted by Crippen LogP contribution is 2.30. The second-order valence-corrected chi connectivity index (χ2v) is 6.05. The van der Waals surface area contributed by atoms with Gasteiger partial charge in [-0.3, -0.25) is 4.79 Å². The molecule has 0 aliphatic rings. The van der Waals surface area contributed by atoms with E-state index in [1.807, 2.05) is 0 Å². The first-order valence-corrected chi connectivity index (χ1v) is 8.37. The van der Waals surface area contributed by atoms with Crippen molar-refractivity contribution in [2.24, 2.45) is 0 Å². The number of halogens is 6. The maximum Gasteiger partial charge on any atom is 0.387 e. The standard InChI is InChI=1S/C18H10Cl2F4N2O3/c19-11-2-4-13(20)14(6-11)26-16(27)10(8-25)5-9-1-3-12(28-17(21)22)7-15(9)29-18(23)24/h1-7,17-18H,(H,26,27)/b10-5+. The SMILES string of the molecule is N#C/C(=C\c1ccc(OC(F)F)cc1OC(F)F)C(=O)Nc1cc(Cl)ccc1Cl. The van der Waals surface area contributed by atoms with Gasteiger partial charge in [0, 0.05) is 16.7 Å². The number of carbonyl (C=O) groups is 1. The molecule has 1 N–H and O–H groups in total. The molecule has 0 bridgehead atoms. The highest BCUT2D eigenvalue weighted by Gasteiger charge is 2.16. The summed E-state index contributed by atoms with van der Waals surface area (Å²) in [6.07, 6.45) is 0.942. The molecule has 0 saturated heterocycles. The number of ether oxygens (including phenoxy) is 2. The van der Waals surface area contributed by atoms with Gasteiger partial charge < -0.3 is 14.8 Å². The highest BCUT2D eigenvalue weighted by molar-refractivity contribution is 6.36. The fourth-order valence-electron chi connectivity index (χ4n) is 2.10. The molecular formula is C18H10Cl2F4N2O3. The Morgan fingerprint density at radius 2 is 1.76 bits per heavy atom. The molecular weight excluding hydrogens is 439 g/mol. The third-order valence-electron chi connectivity index (χ3n) is 3.27. The van der Waals surface area contributed by atoms with Crippen LogP contribution in [0.4, 0.5) is 23.2 Å². The van der Waals surface area contributed by atoms with E-state index in [0.29, 0.717) is 0 Å². The molecule has 1 amide bonds. The summed E-state index contributed by atoms with van der Waals surface area (Å²) >= 11 is 11.8. The van der Waals surface area contributed by atoms with Crippen LogP contribution >= 0.6 is 23.2 Å². The van der Waals surface area contributed by atoms with E-state index in [0.717, 1.165) is 24.3 Å². The molecule has 0 spiro atoms. The van der Waals surface area contributed by atoms with Crippen molar-refractivity contribution < 1.29 is 31.8 Å². The van der Waals surface area contributed by atoms with Gasteiger partial charge in [0.15, 0.2) is 0 Å². The predicted molar refractivity (Wildman–Crippen MR) is 98.4 cm³/mol. The maximum absolute atomic E-state index is 12.6. The van der Waals surface area contributed by atoms with Gasteiger partial charge in [-0.1, -0.05) is 23.2 Å². The summed E-state index contributed by atoms with van der Waals surface area (Å²) in [5, 5.41) is 12.0. The largest absolute Gasteiger partial charge is 0.435 e. The Balaban J connectivity index is 2.36. The Morgan fingerprint density at radius 1 is 1.07 bits per heavy atom. The van der Waals surface area contributed by atoms with Crippen LogP contribution in [0.3, 0.4) is 0 Å². The molecule has 0 aliphatic carbocycles. The second-order valence-electron chi connectivity index (χ2n) is 5.20. The fraction of sp³-hybridized carbons (Fsp3) is 0.111. The molecule has 11 heteroatoms. The van der Waals surface area contributed by atoms with Gasteiger partial charge in [-0.15, -0.1) is 0 Å². The van der Waals surface area contributed by atoms with E-state index in [9.17, 15) is 27.6 Å².